The lowest BCUT2D eigenvalue weighted by Gasteiger charge is -2.28. The summed E-state index contributed by atoms with van der Waals surface area (Å²) in [6.07, 6.45) is 0.113. The van der Waals surface area contributed by atoms with Gasteiger partial charge in [-0.15, -0.1) is 0 Å². The molecular formula is C27H28N2O4. The van der Waals surface area contributed by atoms with Crippen molar-refractivity contribution in [1.29, 1.82) is 0 Å². The van der Waals surface area contributed by atoms with Crippen LogP contribution in [0.1, 0.15) is 45.1 Å². The van der Waals surface area contributed by atoms with Gasteiger partial charge in [0.05, 0.1) is 26.7 Å². The van der Waals surface area contributed by atoms with E-state index in [1.165, 1.54) is 0 Å². The van der Waals surface area contributed by atoms with Crippen LogP contribution in [0.25, 0.3) is 0 Å². The molecule has 1 aliphatic rings. The lowest BCUT2D eigenvalue weighted by Crippen LogP contribution is -2.32. The largest absolute Gasteiger partial charge is 0.493 e. The molecule has 6 heteroatoms. The van der Waals surface area contributed by atoms with Crippen LogP contribution in [0.2, 0.25) is 0 Å². The molecule has 0 aliphatic carbocycles. The normalized spacial score (nSPS) is 13.5. The van der Waals surface area contributed by atoms with Crippen LogP contribution < -0.4 is 14.8 Å². The summed E-state index contributed by atoms with van der Waals surface area (Å²) in [6, 6.07) is 18.5. The van der Waals surface area contributed by atoms with E-state index in [-0.39, 0.29) is 18.2 Å². The molecule has 6 nitrogen and oxygen atoms in total. The van der Waals surface area contributed by atoms with Crippen LogP contribution in [-0.2, 0) is 11.3 Å². The van der Waals surface area contributed by atoms with Gasteiger partial charge in [0.1, 0.15) is 0 Å². The molecule has 3 aromatic rings. The number of amides is 2. The fraction of sp³-hybridized carbons (Fsp3) is 0.259. The maximum Gasteiger partial charge on any atom is 0.255 e. The second-order valence-electron chi connectivity index (χ2n) is 8.27. The third kappa shape index (κ3) is 4.55. The number of hydrogen-bond donors (Lipinski definition) is 1. The molecule has 2 amide bonds. The number of benzene rings is 3. The van der Waals surface area contributed by atoms with Crippen molar-refractivity contribution in [3.05, 3.63) is 88.5 Å². The topological polar surface area (TPSA) is 67.9 Å². The fourth-order valence-corrected chi connectivity index (χ4v) is 4.20. The van der Waals surface area contributed by atoms with E-state index in [1.54, 1.807) is 25.2 Å². The number of fused-ring (bicyclic) bond motifs is 1. The Morgan fingerprint density at radius 3 is 2.42 bits per heavy atom. The highest BCUT2D eigenvalue weighted by atomic mass is 16.5. The second-order valence-corrected chi connectivity index (χ2v) is 8.27. The van der Waals surface area contributed by atoms with Crippen molar-refractivity contribution >= 4 is 17.5 Å². The minimum atomic E-state index is -0.462. The van der Waals surface area contributed by atoms with Crippen LogP contribution in [0.4, 0.5) is 5.69 Å². The van der Waals surface area contributed by atoms with Gasteiger partial charge in [-0.2, -0.15) is 0 Å². The van der Waals surface area contributed by atoms with Crippen LogP contribution in [0.15, 0.2) is 60.7 Å². The standard InChI is InChI=1S/C27H28N2O4/c1-17-9-11-21(13-18(17)2)28-26(30)15-23(19-10-12-24(32-3)25(14-19)33-4)29-16-20-7-5-6-8-22(20)27(29)31/h5-14,23H,15-16H2,1-4H3,(H,28,30)/t23-/m0/s1. The molecule has 1 heterocycles. The SMILES string of the molecule is COc1ccc([C@H](CC(=O)Nc2ccc(C)c(C)c2)N2Cc3ccccc3C2=O)cc1OC. The summed E-state index contributed by atoms with van der Waals surface area (Å²) in [5.74, 6) is 0.903. The van der Waals surface area contributed by atoms with Crippen molar-refractivity contribution in [1.82, 2.24) is 4.90 Å². The van der Waals surface area contributed by atoms with E-state index in [4.69, 9.17) is 9.47 Å². The van der Waals surface area contributed by atoms with E-state index in [0.29, 0.717) is 23.6 Å². The van der Waals surface area contributed by atoms with Gasteiger partial charge in [-0.3, -0.25) is 9.59 Å². The van der Waals surface area contributed by atoms with E-state index in [2.05, 4.69) is 5.32 Å². The van der Waals surface area contributed by atoms with Crippen LogP contribution in [-0.4, -0.2) is 30.9 Å². The maximum atomic E-state index is 13.2. The molecule has 0 spiro atoms. The van der Waals surface area contributed by atoms with Crippen LogP contribution in [0, 0.1) is 13.8 Å². The van der Waals surface area contributed by atoms with Crippen molar-refractivity contribution in [2.24, 2.45) is 0 Å². The number of nitrogens with zero attached hydrogens (tertiary/aromatic N) is 1. The molecular weight excluding hydrogens is 416 g/mol. The van der Waals surface area contributed by atoms with Gasteiger partial charge in [-0.05, 0) is 66.4 Å². The lowest BCUT2D eigenvalue weighted by molar-refractivity contribution is -0.117. The molecule has 1 aliphatic heterocycles. The van der Waals surface area contributed by atoms with Crippen molar-refractivity contribution in [2.45, 2.75) is 32.9 Å². The molecule has 1 N–H and O–H groups in total. The molecule has 0 saturated carbocycles. The Hall–Kier alpha value is -3.80. The van der Waals surface area contributed by atoms with Crippen molar-refractivity contribution in [3.63, 3.8) is 0 Å². The Bertz CT molecular complexity index is 1200. The summed E-state index contributed by atoms with van der Waals surface area (Å²) in [5.41, 5.74) is 5.46. The van der Waals surface area contributed by atoms with Gasteiger partial charge < -0.3 is 19.7 Å². The first-order chi connectivity index (χ1) is 15.9. The van der Waals surface area contributed by atoms with E-state index in [0.717, 1.165) is 27.9 Å². The summed E-state index contributed by atoms with van der Waals surface area (Å²) in [7, 11) is 3.15. The Morgan fingerprint density at radius 1 is 0.970 bits per heavy atom. The fourth-order valence-electron chi connectivity index (χ4n) is 4.20. The minimum absolute atomic E-state index is 0.0793. The zero-order valence-corrected chi connectivity index (χ0v) is 19.3. The predicted molar refractivity (Wildman–Crippen MR) is 128 cm³/mol. The molecule has 0 radical (unpaired) electrons. The third-order valence-electron chi connectivity index (χ3n) is 6.19. The third-order valence-corrected chi connectivity index (χ3v) is 6.19. The summed E-state index contributed by atoms with van der Waals surface area (Å²) in [6.45, 7) is 4.49. The number of nitrogens with one attached hydrogen (secondary N) is 1. The predicted octanol–water partition coefficient (Wildman–Crippen LogP) is 5.05. The number of carbonyl (C=O) groups is 2. The molecule has 0 bridgehead atoms. The van der Waals surface area contributed by atoms with Crippen LogP contribution in [0.5, 0.6) is 11.5 Å². The number of ether oxygens (including phenoxy) is 2. The Balaban J connectivity index is 1.65. The monoisotopic (exact) mass is 444 g/mol. The van der Waals surface area contributed by atoms with Gasteiger partial charge in [-0.25, -0.2) is 0 Å². The quantitative estimate of drug-likeness (QED) is 0.554. The number of anilines is 1. The highest BCUT2D eigenvalue weighted by molar-refractivity contribution is 5.99. The number of rotatable bonds is 7. The summed E-state index contributed by atoms with van der Waals surface area (Å²) < 4.78 is 10.8. The first kappa shape index (κ1) is 22.4. The van der Waals surface area contributed by atoms with E-state index in [9.17, 15) is 9.59 Å². The molecule has 0 fully saturated rings. The van der Waals surface area contributed by atoms with E-state index < -0.39 is 6.04 Å². The van der Waals surface area contributed by atoms with Crippen LogP contribution >= 0.6 is 0 Å². The number of methoxy groups -OCH3 is 2. The molecule has 33 heavy (non-hydrogen) atoms. The first-order valence-corrected chi connectivity index (χ1v) is 10.9. The molecule has 170 valence electrons. The number of hydrogen-bond acceptors (Lipinski definition) is 4. The number of aryl methyl sites for hydroxylation is 2. The van der Waals surface area contributed by atoms with Gasteiger partial charge in [0.25, 0.3) is 5.91 Å². The van der Waals surface area contributed by atoms with Gasteiger partial charge in [0.2, 0.25) is 5.91 Å². The molecule has 0 unspecified atom stereocenters. The van der Waals surface area contributed by atoms with Gasteiger partial charge in [0, 0.05) is 17.8 Å². The Morgan fingerprint density at radius 2 is 1.73 bits per heavy atom. The van der Waals surface area contributed by atoms with Crippen LogP contribution in [0.3, 0.4) is 0 Å². The van der Waals surface area contributed by atoms with Gasteiger partial charge in [0.15, 0.2) is 11.5 Å². The number of carbonyl (C=O) groups excluding carboxylic acids is 2. The average molecular weight is 445 g/mol. The summed E-state index contributed by atoms with van der Waals surface area (Å²) in [4.78, 5) is 28.1. The molecule has 0 aromatic heterocycles. The first-order valence-electron chi connectivity index (χ1n) is 10.9. The van der Waals surface area contributed by atoms with Gasteiger partial charge in [-0.1, -0.05) is 30.3 Å². The van der Waals surface area contributed by atoms with E-state index in [1.807, 2.05) is 68.4 Å². The highest BCUT2D eigenvalue weighted by Gasteiger charge is 2.34. The smallest absolute Gasteiger partial charge is 0.255 e. The molecule has 4 rings (SSSR count). The van der Waals surface area contributed by atoms with Crippen molar-refractivity contribution in [3.8, 4) is 11.5 Å². The van der Waals surface area contributed by atoms with Gasteiger partial charge >= 0.3 is 0 Å². The van der Waals surface area contributed by atoms with Crippen molar-refractivity contribution < 1.29 is 19.1 Å². The Kier molecular flexibility index (Phi) is 6.36. The Labute approximate surface area is 194 Å². The summed E-state index contributed by atoms with van der Waals surface area (Å²) >= 11 is 0. The molecule has 0 saturated heterocycles. The zero-order valence-electron chi connectivity index (χ0n) is 19.3. The second kappa shape index (κ2) is 9.36. The summed E-state index contributed by atoms with van der Waals surface area (Å²) in [5, 5.41) is 2.99. The molecule has 1 atom stereocenters. The van der Waals surface area contributed by atoms with Crippen molar-refractivity contribution in [2.75, 3.05) is 19.5 Å². The maximum absolute atomic E-state index is 13.2. The lowest BCUT2D eigenvalue weighted by atomic mass is 10.0. The molecule has 3 aromatic carbocycles. The average Bonchev–Trinajstić information content (AvgIpc) is 3.15. The minimum Gasteiger partial charge on any atom is -0.493 e. The zero-order chi connectivity index (χ0) is 23.5. The highest BCUT2D eigenvalue weighted by Crippen LogP contribution is 2.37. The van der Waals surface area contributed by atoms with E-state index >= 15 is 0 Å².